The zero-order chi connectivity index (χ0) is 15.9. The second kappa shape index (κ2) is 5.26. The molecule has 3 rings (SSSR count). The van der Waals surface area contributed by atoms with Crippen LogP contribution in [-0.4, -0.2) is 14.1 Å². The molecule has 0 bridgehead atoms. The van der Waals surface area contributed by atoms with Gasteiger partial charge in [0.05, 0.1) is 11.4 Å². The summed E-state index contributed by atoms with van der Waals surface area (Å²) >= 11 is 0. The first-order valence-electron chi connectivity index (χ1n) is 6.96. The number of imidazole rings is 1. The summed E-state index contributed by atoms with van der Waals surface area (Å²) in [6, 6.07) is 9.78. The van der Waals surface area contributed by atoms with Gasteiger partial charge in [0.2, 0.25) is 0 Å². The molecule has 0 fully saturated rings. The number of benzene rings is 1. The van der Waals surface area contributed by atoms with Crippen LogP contribution in [0.25, 0.3) is 16.9 Å². The largest absolute Gasteiger partial charge is 0.318 e. The summed E-state index contributed by atoms with van der Waals surface area (Å²) in [5, 5.41) is 0. The molecule has 0 saturated carbocycles. The van der Waals surface area contributed by atoms with Crippen LogP contribution in [0.1, 0.15) is 11.5 Å². The Balaban J connectivity index is 2.18. The van der Waals surface area contributed by atoms with Gasteiger partial charge in [0.15, 0.2) is 0 Å². The van der Waals surface area contributed by atoms with Gasteiger partial charge >= 0.3 is 0 Å². The van der Waals surface area contributed by atoms with E-state index in [0.29, 0.717) is 0 Å². The van der Waals surface area contributed by atoms with E-state index in [4.69, 9.17) is 0 Å². The maximum atomic E-state index is 13.4. The van der Waals surface area contributed by atoms with Crippen molar-refractivity contribution in [1.82, 2.24) is 14.1 Å². The van der Waals surface area contributed by atoms with Crippen molar-refractivity contribution in [2.45, 2.75) is 13.8 Å². The molecule has 2 aromatic heterocycles. The minimum Gasteiger partial charge on any atom is -0.318 e. The first-order chi connectivity index (χ1) is 10.5. The highest BCUT2D eigenvalue weighted by atomic mass is 19.1. The fourth-order valence-corrected chi connectivity index (χ4v) is 2.61. The van der Waals surface area contributed by atoms with Crippen LogP contribution >= 0.6 is 0 Å². The molecular formula is C17H16FN3O. The lowest BCUT2D eigenvalue weighted by atomic mass is 10.1. The average molecular weight is 297 g/mol. The number of halogens is 1. The molecule has 0 radical (unpaired) electrons. The molecule has 22 heavy (non-hydrogen) atoms. The fraction of sp³-hybridized carbons (Fsp3) is 0.176. The first-order valence-corrected chi connectivity index (χ1v) is 6.96. The molecule has 0 aliphatic rings. The number of hydrogen-bond donors (Lipinski definition) is 0. The first kappa shape index (κ1) is 14.3. The van der Waals surface area contributed by atoms with Crippen LogP contribution in [0.5, 0.6) is 0 Å². The van der Waals surface area contributed by atoms with Crippen molar-refractivity contribution < 1.29 is 4.39 Å². The van der Waals surface area contributed by atoms with E-state index in [2.05, 4.69) is 4.98 Å². The van der Waals surface area contributed by atoms with Gasteiger partial charge in [-0.25, -0.2) is 9.37 Å². The predicted octanol–water partition coefficient (Wildman–Crippen LogP) is 2.99. The highest BCUT2D eigenvalue weighted by molar-refractivity contribution is 5.63. The normalized spacial score (nSPS) is 10.9. The third kappa shape index (κ3) is 2.35. The Hall–Kier alpha value is -2.69. The molecule has 0 aliphatic carbocycles. The van der Waals surface area contributed by atoms with Gasteiger partial charge in [0, 0.05) is 30.6 Å². The van der Waals surface area contributed by atoms with Gasteiger partial charge in [0.1, 0.15) is 11.6 Å². The average Bonchev–Trinajstić information content (AvgIpc) is 2.77. The standard InChI is InChI=1S/C17H16FN3O/c1-11-17(13-5-4-6-14(18)9-13)19-12(2)21(11)15-7-8-20(3)16(22)10-15/h4-10H,1-3H3. The zero-order valence-corrected chi connectivity index (χ0v) is 12.7. The smallest absolute Gasteiger partial charge is 0.252 e. The van der Waals surface area contributed by atoms with Crippen LogP contribution in [0.15, 0.2) is 47.4 Å². The highest BCUT2D eigenvalue weighted by Crippen LogP contribution is 2.26. The minimum absolute atomic E-state index is 0.0858. The van der Waals surface area contributed by atoms with E-state index in [9.17, 15) is 9.18 Å². The van der Waals surface area contributed by atoms with Crippen LogP contribution in [0, 0.1) is 19.7 Å². The van der Waals surface area contributed by atoms with Gasteiger partial charge in [-0.05, 0) is 32.0 Å². The van der Waals surface area contributed by atoms with Gasteiger partial charge in [-0.2, -0.15) is 0 Å². The Labute approximate surface area is 127 Å². The molecule has 2 heterocycles. The molecule has 0 N–H and O–H groups in total. The number of aryl methyl sites for hydroxylation is 2. The Morgan fingerprint density at radius 3 is 2.59 bits per heavy atom. The SMILES string of the molecule is Cc1nc(-c2cccc(F)c2)c(C)n1-c1ccn(C)c(=O)c1. The summed E-state index contributed by atoms with van der Waals surface area (Å²) in [6.45, 7) is 3.78. The molecule has 1 aromatic carbocycles. The Morgan fingerprint density at radius 1 is 1.14 bits per heavy atom. The monoisotopic (exact) mass is 297 g/mol. The molecule has 0 spiro atoms. The van der Waals surface area contributed by atoms with Gasteiger partial charge in [-0.15, -0.1) is 0 Å². The van der Waals surface area contributed by atoms with Crippen LogP contribution in [0.3, 0.4) is 0 Å². The fourth-order valence-electron chi connectivity index (χ4n) is 2.61. The third-order valence-electron chi connectivity index (χ3n) is 3.72. The lowest BCUT2D eigenvalue weighted by Gasteiger charge is -2.09. The summed E-state index contributed by atoms with van der Waals surface area (Å²) in [5.41, 5.74) is 2.99. The highest BCUT2D eigenvalue weighted by Gasteiger charge is 2.14. The number of aromatic nitrogens is 3. The molecule has 112 valence electrons. The topological polar surface area (TPSA) is 39.8 Å². The summed E-state index contributed by atoms with van der Waals surface area (Å²) in [5.74, 6) is 0.461. The summed E-state index contributed by atoms with van der Waals surface area (Å²) in [6.07, 6.45) is 1.72. The van der Waals surface area contributed by atoms with Crippen LogP contribution < -0.4 is 5.56 Å². The molecule has 4 nitrogen and oxygen atoms in total. The maximum absolute atomic E-state index is 13.4. The van der Waals surface area contributed by atoms with Crippen molar-refractivity contribution in [2.24, 2.45) is 7.05 Å². The van der Waals surface area contributed by atoms with Crippen molar-refractivity contribution in [2.75, 3.05) is 0 Å². The lowest BCUT2D eigenvalue weighted by molar-refractivity contribution is 0.628. The second-order valence-corrected chi connectivity index (χ2v) is 5.27. The van der Waals surface area contributed by atoms with Gasteiger partial charge in [0.25, 0.3) is 5.56 Å². The van der Waals surface area contributed by atoms with Crippen molar-refractivity contribution >= 4 is 0 Å². The van der Waals surface area contributed by atoms with E-state index in [1.807, 2.05) is 30.5 Å². The Bertz CT molecular complexity index is 909. The quantitative estimate of drug-likeness (QED) is 0.729. The van der Waals surface area contributed by atoms with Crippen molar-refractivity contribution in [1.29, 1.82) is 0 Å². The molecule has 5 heteroatoms. The van der Waals surface area contributed by atoms with Gasteiger partial charge < -0.3 is 9.13 Å². The van der Waals surface area contributed by atoms with Crippen LogP contribution in [0.4, 0.5) is 4.39 Å². The Morgan fingerprint density at radius 2 is 1.91 bits per heavy atom. The lowest BCUT2D eigenvalue weighted by Crippen LogP contribution is -2.16. The molecular weight excluding hydrogens is 281 g/mol. The molecule has 0 unspecified atom stereocenters. The summed E-state index contributed by atoms with van der Waals surface area (Å²) < 4.78 is 16.9. The minimum atomic E-state index is -0.294. The summed E-state index contributed by atoms with van der Waals surface area (Å²) in [4.78, 5) is 16.4. The van der Waals surface area contributed by atoms with E-state index < -0.39 is 0 Å². The predicted molar refractivity (Wildman–Crippen MR) is 83.7 cm³/mol. The molecule has 0 atom stereocenters. The van der Waals surface area contributed by atoms with Crippen molar-refractivity contribution in [3.63, 3.8) is 0 Å². The van der Waals surface area contributed by atoms with E-state index in [1.165, 1.54) is 16.7 Å². The number of nitrogens with zero attached hydrogens (tertiary/aromatic N) is 3. The van der Waals surface area contributed by atoms with Crippen LogP contribution in [0.2, 0.25) is 0 Å². The van der Waals surface area contributed by atoms with E-state index in [-0.39, 0.29) is 11.4 Å². The Kier molecular flexibility index (Phi) is 3.41. The van der Waals surface area contributed by atoms with Gasteiger partial charge in [-0.1, -0.05) is 12.1 Å². The number of rotatable bonds is 2. The van der Waals surface area contributed by atoms with Crippen molar-refractivity contribution in [3.05, 3.63) is 70.3 Å². The third-order valence-corrected chi connectivity index (χ3v) is 3.72. The number of hydrogen-bond acceptors (Lipinski definition) is 2. The second-order valence-electron chi connectivity index (χ2n) is 5.27. The van der Waals surface area contributed by atoms with Gasteiger partial charge in [-0.3, -0.25) is 4.79 Å². The van der Waals surface area contributed by atoms with E-state index >= 15 is 0 Å². The summed E-state index contributed by atoms with van der Waals surface area (Å²) in [7, 11) is 1.71. The van der Waals surface area contributed by atoms with E-state index in [0.717, 1.165) is 28.5 Å². The van der Waals surface area contributed by atoms with Crippen LogP contribution in [-0.2, 0) is 7.05 Å². The molecule has 0 amide bonds. The molecule has 0 aliphatic heterocycles. The number of pyridine rings is 1. The van der Waals surface area contributed by atoms with Crippen molar-refractivity contribution in [3.8, 4) is 16.9 Å². The molecule has 0 saturated heterocycles. The maximum Gasteiger partial charge on any atom is 0.252 e. The molecule has 3 aromatic rings. The zero-order valence-electron chi connectivity index (χ0n) is 12.7. The van der Waals surface area contributed by atoms with E-state index in [1.54, 1.807) is 25.4 Å².